The molecule has 1 aliphatic rings. The van der Waals surface area contributed by atoms with Crippen LogP contribution in [-0.4, -0.2) is 42.2 Å². The molecule has 23 heavy (non-hydrogen) atoms. The van der Waals surface area contributed by atoms with E-state index in [4.69, 9.17) is 4.74 Å². The van der Waals surface area contributed by atoms with Crippen molar-refractivity contribution in [3.63, 3.8) is 0 Å². The first-order chi connectivity index (χ1) is 10.9. The highest BCUT2D eigenvalue weighted by Crippen LogP contribution is 2.42. The van der Waals surface area contributed by atoms with E-state index in [0.717, 1.165) is 11.3 Å². The molecule has 0 spiro atoms. The zero-order chi connectivity index (χ0) is 17.0. The molecule has 126 valence electrons. The summed E-state index contributed by atoms with van der Waals surface area (Å²) in [5.41, 5.74) is 1.00. The molecule has 1 aromatic rings. The number of ether oxygens (including phenoxy) is 1. The molecule has 6 heteroatoms. The highest BCUT2D eigenvalue weighted by atomic mass is 32.2. The van der Waals surface area contributed by atoms with Crippen molar-refractivity contribution in [2.45, 2.75) is 31.4 Å². The molecule has 2 amide bonds. The number of nitrogens with one attached hydrogen (secondary N) is 1. The molecule has 1 heterocycles. The zero-order valence-electron chi connectivity index (χ0n) is 14.0. The SMILES string of the molecule is COc1ccc(C2SC(C)C(=O)N2CC(=O)NCC(C)C)cc1. The maximum absolute atomic E-state index is 12.4. The zero-order valence-corrected chi connectivity index (χ0v) is 14.9. The van der Waals surface area contributed by atoms with E-state index in [-0.39, 0.29) is 29.0 Å². The van der Waals surface area contributed by atoms with Crippen molar-refractivity contribution in [1.82, 2.24) is 10.2 Å². The van der Waals surface area contributed by atoms with Gasteiger partial charge in [-0.15, -0.1) is 11.8 Å². The Bertz CT molecular complexity index is 559. The molecule has 2 atom stereocenters. The third-order valence-electron chi connectivity index (χ3n) is 3.67. The van der Waals surface area contributed by atoms with Gasteiger partial charge in [0.2, 0.25) is 11.8 Å². The number of thioether (sulfide) groups is 1. The number of hydrogen-bond acceptors (Lipinski definition) is 4. The summed E-state index contributed by atoms with van der Waals surface area (Å²) in [5.74, 6) is 1.06. The summed E-state index contributed by atoms with van der Waals surface area (Å²) >= 11 is 1.57. The lowest BCUT2D eigenvalue weighted by molar-refractivity contribution is -0.135. The Hall–Kier alpha value is -1.69. The number of carbonyl (C=O) groups excluding carboxylic acids is 2. The first kappa shape index (κ1) is 17.7. The van der Waals surface area contributed by atoms with Crippen LogP contribution in [0.3, 0.4) is 0 Å². The van der Waals surface area contributed by atoms with E-state index in [2.05, 4.69) is 5.32 Å². The summed E-state index contributed by atoms with van der Waals surface area (Å²) in [6.07, 6.45) is 0. The first-order valence-electron chi connectivity index (χ1n) is 7.79. The number of methoxy groups -OCH3 is 1. The summed E-state index contributed by atoms with van der Waals surface area (Å²) in [4.78, 5) is 26.1. The number of hydrogen-bond donors (Lipinski definition) is 1. The van der Waals surface area contributed by atoms with Gasteiger partial charge in [0.25, 0.3) is 0 Å². The third-order valence-corrected chi connectivity index (χ3v) is 5.06. The molecule has 2 unspecified atom stereocenters. The summed E-state index contributed by atoms with van der Waals surface area (Å²) in [7, 11) is 1.62. The molecule has 0 saturated carbocycles. The monoisotopic (exact) mass is 336 g/mol. The normalized spacial score (nSPS) is 20.9. The van der Waals surface area contributed by atoms with Crippen LogP contribution in [-0.2, 0) is 9.59 Å². The third kappa shape index (κ3) is 4.41. The van der Waals surface area contributed by atoms with Crippen LogP contribution in [0.4, 0.5) is 0 Å². The Morgan fingerprint density at radius 3 is 2.57 bits per heavy atom. The van der Waals surface area contributed by atoms with Gasteiger partial charge < -0.3 is 15.0 Å². The lowest BCUT2D eigenvalue weighted by Crippen LogP contribution is -2.41. The van der Waals surface area contributed by atoms with Gasteiger partial charge in [-0.25, -0.2) is 0 Å². The Kier molecular flexibility index (Phi) is 5.93. The molecule has 0 aliphatic carbocycles. The highest BCUT2D eigenvalue weighted by molar-refractivity contribution is 8.01. The van der Waals surface area contributed by atoms with Crippen molar-refractivity contribution in [2.24, 2.45) is 5.92 Å². The predicted octanol–water partition coefficient (Wildman–Crippen LogP) is 2.43. The molecule has 0 aromatic heterocycles. The second kappa shape index (κ2) is 7.73. The predicted molar refractivity (Wildman–Crippen MR) is 92.3 cm³/mol. The first-order valence-corrected chi connectivity index (χ1v) is 8.73. The molecular weight excluding hydrogens is 312 g/mol. The summed E-state index contributed by atoms with van der Waals surface area (Å²) in [6, 6.07) is 7.64. The van der Waals surface area contributed by atoms with Gasteiger partial charge in [-0.2, -0.15) is 0 Å². The fourth-order valence-corrected chi connectivity index (χ4v) is 3.67. The number of carbonyl (C=O) groups is 2. The summed E-state index contributed by atoms with van der Waals surface area (Å²) in [6.45, 7) is 6.69. The van der Waals surface area contributed by atoms with Crippen molar-refractivity contribution in [2.75, 3.05) is 20.2 Å². The van der Waals surface area contributed by atoms with Crippen LogP contribution in [0.5, 0.6) is 5.75 Å². The van der Waals surface area contributed by atoms with Crippen LogP contribution in [0.2, 0.25) is 0 Å². The topological polar surface area (TPSA) is 58.6 Å². The minimum atomic E-state index is -0.139. The largest absolute Gasteiger partial charge is 0.497 e. The molecule has 2 rings (SSSR count). The Morgan fingerprint density at radius 2 is 2.00 bits per heavy atom. The molecule has 1 N–H and O–H groups in total. The van der Waals surface area contributed by atoms with E-state index in [1.807, 2.05) is 45.0 Å². The summed E-state index contributed by atoms with van der Waals surface area (Å²) in [5, 5.41) is 2.60. The molecule has 1 aromatic carbocycles. The number of nitrogens with zero attached hydrogens (tertiary/aromatic N) is 1. The van der Waals surface area contributed by atoms with Crippen molar-refractivity contribution in [3.8, 4) is 5.75 Å². The lowest BCUT2D eigenvalue weighted by atomic mass is 10.2. The Morgan fingerprint density at radius 1 is 1.35 bits per heavy atom. The fourth-order valence-electron chi connectivity index (χ4n) is 2.39. The standard InChI is InChI=1S/C17H24N2O3S/c1-11(2)9-18-15(20)10-19-16(21)12(3)23-17(19)13-5-7-14(22-4)8-6-13/h5-8,11-12,17H,9-10H2,1-4H3,(H,18,20). The van der Waals surface area contributed by atoms with Gasteiger partial charge in [-0.3, -0.25) is 9.59 Å². The number of rotatable bonds is 6. The van der Waals surface area contributed by atoms with E-state index in [9.17, 15) is 9.59 Å². The van der Waals surface area contributed by atoms with Gasteiger partial charge in [-0.1, -0.05) is 26.0 Å². The Labute approximate surface area is 141 Å². The molecule has 0 bridgehead atoms. The van der Waals surface area contributed by atoms with E-state index >= 15 is 0 Å². The minimum Gasteiger partial charge on any atom is -0.497 e. The van der Waals surface area contributed by atoms with Crippen molar-refractivity contribution >= 4 is 23.6 Å². The van der Waals surface area contributed by atoms with Gasteiger partial charge in [0.05, 0.1) is 12.4 Å². The Balaban J connectivity index is 2.10. The van der Waals surface area contributed by atoms with E-state index in [0.29, 0.717) is 12.5 Å². The second-order valence-electron chi connectivity index (χ2n) is 6.07. The average molecular weight is 336 g/mol. The van der Waals surface area contributed by atoms with Crippen LogP contribution >= 0.6 is 11.8 Å². The fraction of sp³-hybridized carbons (Fsp3) is 0.529. The van der Waals surface area contributed by atoms with Crippen LogP contribution in [0.25, 0.3) is 0 Å². The van der Waals surface area contributed by atoms with Crippen LogP contribution in [0, 0.1) is 5.92 Å². The molecule has 5 nitrogen and oxygen atoms in total. The quantitative estimate of drug-likeness (QED) is 0.867. The van der Waals surface area contributed by atoms with Crippen molar-refractivity contribution in [1.29, 1.82) is 0 Å². The van der Waals surface area contributed by atoms with Crippen molar-refractivity contribution < 1.29 is 14.3 Å². The van der Waals surface area contributed by atoms with E-state index < -0.39 is 0 Å². The minimum absolute atomic E-state index is 0.00974. The lowest BCUT2D eigenvalue weighted by Gasteiger charge is -2.24. The van der Waals surface area contributed by atoms with Gasteiger partial charge in [0.15, 0.2) is 0 Å². The van der Waals surface area contributed by atoms with Gasteiger partial charge in [-0.05, 0) is 30.5 Å². The molecule has 1 aliphatic heterocycles. The van der Waals surface area contributed by atoms with Crippen LogP contribution < -0.4 is 10.1 Å². The van der Waals surface area contributed by atoms with E-state index in [1.54, 1.807) is 23.8 Å². The second-order valence-corrected chi connectivity index (χ2v) is 7.49. The highest BCUT2D eigenvalue weighted by Gasteiger charge is 2.39. The van der Waals surface area contributed by atoms with Crippen molar-refractivity contribution in [3.05, 3.63) is 29.8 Å². The van der Waals surface area contributed by atoms with Gasteiger partial charge >= 0.3 is 0 Å². The molecule has 1 fully saturated rings. The van der Waals surface area contributed by atoms with Crippen LogP contribution in [0.1, 0.15) is 31.7 Å². The molecule has 0 radical (unpaired) electrons. The van der Waals surface area contributed by atoms with Gasteiger partial charge in [0.1, 0.15) is 17.7 Å². The molecular formula is C17H24N2O3S. The maximum atomic E-state index is 12.4. The number of benzene rings is 1. The molecule has 1 saturated heterocycles. The van der Waals surface area contributed by atoms with E-state index in [1.165, 1.54) is 0 Å². The number of amides is 2. The van der Waals surface area contributed by atoms with Gasteiger partial charge in [0, 0.05) is 6.54 Å². The summed E-state index contributed by atoms with van der Waals surface area (Å²) < 4.78 is 5.17. The average Bonchev–Trinajstić information content (AvgIpc) is 2.81. The van der Waals surface area contributed by atoms with Crippen LogP contribution in [0.15, 0.2) is 24.3 Å². The maximum Gasteiger partial charge on any atom is 0.239 e. The smallest absolute Gasteiger partial charge is 0.239 e.